The molecule has 3 rings (SSSR count). The van der Waals surface area contributed by atoms with Crippen LogP contribution in [0.5, 0.6) is 5.75 Å². The van der Waals surface area contributed by atoms with Crippen molar-refractivity contribution in [2.45, 2.75) is 20.1 Å². The minimum Gasteiger partial charge on any atom is -0.506 e. The largest absolute Gasteiger partial charge is 0.506 e. The predicted octanol–water partition coefficient (Wildman–Crippen LogP) is 2.83. The summed E-state index contributed by atoms with van der Waals surface area (Å²) in [5.41, 5.74) is 3.26. The number of benzene rings is 2. The maximum Gasteiger partial charge on any atom is 0.194 e. The molecule has 0 aromatic heterocycles. The summed E-state index contributed by atoms with van der Waals surface area (Å²) in [6.45, 7) is 7.57. The van der Waals surface area contributed by atoms with E-state index in [-0.39, 0.29) is 0 Å². The van der Waals surface area contributed by atoms with E-state index in [1.807, 2.05) is 30.3 Å². The molecule has 1 fully saturated rings. The van der Waals surface area contributed by atoms with Crippen LogP contribution in [0.1, 0.15) is 18.1 Å². The first-order valence-corrected chi connectivity index (χ1v) is 9.84. The highest BCUT2D eigenvalue weighted by Crippen LogP contribution is 2.27. The summed E-state index contributed by atoms with van der Waals surface area (Å²) in [7, 11) is 1.72. The second kappa shape index (κ2) is 9.99. The van der Waals surface area contributed by atoms with Gasteiger partial charge in [0.15, 0.2) is 5.96 Å². The minimum atomic E-state index is 0.339. The normalized spacial score (nSPS) is 15.0. The van der Waals surface area contributed by atoms with Crippen molar-refractivity contribution < 1.29 is 9.84 Å². The number of nitrogens with one attached hydrogen (secondary N) is 1. The minimum absolute atomic E-state index is 0.339. The van der Waals surface area contributed by atoms with Crippen LogP contribution in [0.15, 0.2) is 53.5 Å². The molecule has 1 aliphatic rings. The van der Waals surface area contributed by atoms with Crippen LogP contribution >= 0.6 is 0 Å². The molecule has 2 aromatic carbocycles. The van der Waals surface area contributed by atoms with Gasteiger partial charge in [-0.05, 0) is 30.2 Å². The third-order valence-electron chi connectivity index (χ3n) is 4.95. The van der Waals surface area contributed by atoms with Crippen molar-refractivity contribution in [3.63, 3.8) is 0 Å². The number of aliphatic imine (C=N–C) groups is 1. The Morgan fingerprint density at radius 3 is 2.39 bits per heavy atom. The Morgan fingerprint density at radius 1 is 1.04 bits per heavy atom. The van der Waals surface area contributed by atoms with E-state index in [9.17, 15) is 5.11 Å². The number of methoxy groups -OCH3 is 1. The van der Waals surface area contributed by atoms with Gasteiger partial charge >= 0.3 is 0 Å². The van der Waals surface area contributed by atoms with E-state index >= 15 is 0 Å². The molecule has 0 saturated carbocycles. The van der Waals surface area contributed by atoms with E-state index in [1.54, 1.807) is 13.2 Å². The summed E-state index contributed by atoms with van der Waals surface area (Å²) < 4.78 is 5.30. The fourth-order valence-corrected chi connectivity index (χ4v) is 3.48. The van der Waals surface area contributed by atoms with Crippen LogP contribution < -0.4 is 10.2 Å². The van der Waals surface area contributed by atoms with E-state index in [4.69, 9.17) is 9.73 Å². The molecule has 150 valence electrons. The van der Waals surface area contributed by atoms with E-state index in [2.05, 4.69) is 34.2 Å². The fraction of sp³-hybridized carbons (Fsp3) is 0.409. The van der Waals surface area contributed by atoms with Gasteiger partial charge in [-0.2, -0.15) is 0 Å². The number of aromatic hydroxyl groups is 1. The van der Waals surface area contributed by atoms with Gasteiger partial charge in [-0.3, -0.25) is 0 Å². The second-order valence-corrected chi connectivity index (χ2v) is 6.83. The maximum absolute atomic E-state index is 10.1. The molecule has 2 N–H and O–H groups in total. The smallest absolute Gasteiger partial charge is 0.194 e. The summed E-state index contributed by atoms with van der Waals surface area (Å²) in [6.07, 6.45) is 0. The van der Waals surface area contributed by atoms with Gasteiger partial charge < -0.3 is 25.0 Å². The molecule has 0 bridgehead atoms. The molecular weight excluding hydrogens is 352 g/mol. The summed E-state index contributed by atoms with van der Waals surface area (Å²) >= 11 is 0. The number of hydrogen-bond acceptors (Lipinski definition) is 4. The first kappa shape index (κ1) is 20.0. The monoisotopic (exact) mass is 382 g/mol. The molecule has 0 aliphatic carbocycles. The zero-order chi connectivity index (χ0) is 19.8. The van der Waals surface area contributed by atoms with Crippen LogP contribution in [-0.2, 0) is 17.9 Å². The molecule has 0 spiro atoms. The summed E-state index contributed by atoms with van der Waals surface area (Å²) in [6, 6.07) is 15.8. The Bertz CT molecular complexity index is 786. The van der Waals surface area contributed by atoms with Crippen LogP contribution in [0, 0.1) is 0 Å². The Balaban J connectivity index is 1.66. The number of piperazine rings is 1. The number of para-hydroxylation sites is 2. The lowest BCUT2D eigenvalue weighted by molar-refractivity contribution is 0.184. The lowest BCUT2D eigenvalue weighted by Crippen LogP contribution is -2.52. The average Bonchev–Trinajstić information content (AvgIpc) is 2.73. The predicted molar refractivity (Wildman–Crippen MR) is 114 cm³/mol. The van der Waals surface area contributed by atoms with Gasteiger partial charge in [0.2, 0.25) is 0 Å². The lowest BCUT2D eigenvalue weighted by atomic mass is 10.1. The first-order chi connectivity index (χ1) is 13.7. The van der Waals surface area contributed by atoms with Crippen molar-refractivity contribution in [2.75, 3.05) is 44.7 Å². The summed E-state index contributed by atoms with van der Waals surface area (Å²) in [5, 5.41) is 13.5. The standard InChI is InChI=1S/C22H30N4O2/c1-3-23-22(24-16-18-8-4-5-9-19(18)17-28-2)26-14-12-25(13-15-26)20-10-6-7-11-21(20)27/h4-11,27H,3,12-17H2,1-2H3,(H,23,24). The topological polar surface area (TPSA) is 60.3 Å². The molecule has 0 radical (unpaired) electrons. The number of hydrogen-bond donors (Lipinski definition) is 2. The first-order valence-electron chi connectivity index (χ1n) is 9.84. The SMILES string of the molecule is CCNC(=NCc1ccccc1COC)N1CCN(c2ccccc2O)CC1. The highest BCUT2D eigenvalue weighted by molar-refractivity contribution is 5.80. The van der Waals surface area contributed by atoms with Crippen molar-refractivity contribution in [1.82, 2.24) is 10.2 Å². The number of phenolic OH excluding ortho intramolecular Hbond substituents is 1. The Kier molecular flexibility index (Phi) is 7.14. The van der Waals surface area contributed by atoms with E-state index in [0.717, 1.165) is 44.4 Å². The fourth-order valence-electron chi connectivity index (χ4n) is 3.48. The summed E-state index contributed by atoms with van der Waals surface area (Å²) in [4.78, 5) is 9.39. The quantitative estimate of drug-likeness (QED) is 0.594. The number of phenols is 1. The Morgan fingerprint density at radius 2 is 1.71 bits per heavy atom. The van der Waals surface area contributed by atoms with E-state index in [0.29, 0.717) is 18.9 Å². The second-order valence-electron chi connectivity index (χ2n) is 6.83. The van der Waals surface area contributed by atoms with Gasteiger partial charge in [0.25, 0.3) is 0 Å². The van der Waals surface area contributed by atoms with Gasteiger partial charge in [0.05, 0.1) is 18.8 Å². The highest BCUT2D eigenvalue weighted by atomic mass is 16.5. The van der Waals surface area contributed by atoms with Crippen molar-refractivity contribution in [3.05, 3.63) is 59.7 Å². The number of anilines is 1. The molecule has 0 atom stereocenters. The molecule has 2 aromatic rings. The number of rotatable bonds is 6. The van der Waals surface area contributed by atoms with Gasteiger partial charge in [-0.15, -0.1) is 0 Å². The van der Waals surface area contributed by atoms with Crippen LogP contribution in [-0.4, -0.2) is 55.8 Å². The van der Waals surface area contributed by atoms with Crippen LogP contribution in [0.2, 0.25) is 0 Å². The molecule has 28 heavy (non-hydrogen) atoms. The highest BCUT2D eigenvalue weighted by Gasteiger charge is 2.21. The van der Waals surface area contributed by atoms with Gasteiger partial charge in [0, 0.05) is 39.8 Å². The number of nitrogens with zero attached hydrogens (tertiary/aromatic N) is 3. The molecular formula is C22H30N4O2. The zero-order valence-corrected chi connectivity index (χ0v) is 16.8. The molecule has 6 heteroatoms. The zero-order valence-electron chi connectivity index (χ0n) is 16.8. The van der Waals surface area contributed by atoms with Crippen LogP contribution in [0.25, 0.3) is 0 Å². The molecule has 1 heterocycles. The van der Waals surface area contributed by atoms with Crippen molar-refractivity contribution in [2.24, 2.45) is 4.99 Å². The van der Waals surface area contributed by atoms with Gasteiger partial charge in [-0.25, -0.2) is 4.99 Å². The lowest BCUT2D eigenvalue weighted by Gasteiger charge is -2.37. The van der Waals surface area contributed by atoms with Crippen molar-refractivity contribution in [1.29, 1.82) is 0 Å². The maximum atomic E-state index is 10.1. The third kappa shape index (κ3) is 4.95. The van der Waals surface area contributed by atoms with E-state index in [1.165, 1.54) is 11.1 Å². The third-order valence-corrected chi connectivity index (χ3v) is 4.95. The molecule has 0 unspecified atom stereocenters. The molecule has 6 nitrogen and oxygen atoms in total. The van der Waals surface area contributed by atoms with Crippen molar-refractivity contribution >= 4 is 11.6 Å². The van der Waals surface area contributed by atoms with Crippen LogP contribution in [0.4, 0.5) is 5.69 Å². The molecule has 1 saturated heterocycles. The molecule has 1 aliphatic heterocycles. The van der Waals surface area contributed by atoms with Crippen molar-refractivity contribution in [3.8, 4) is 5.75 Å². The average molecular weight is 383 g/mol. The van der Waals surface area contributed by atoms with E-state index < -0.39 is 0 Å². The van der Waals surface area contributed by atoms with Crippen LogP contribution in [0.3, 0.4) is 0 Å². The Labute approximate surface area is 167 Å². The number of ether oxygens (including phenoxy) is 1. The molecule has 0 amide bonds. The summed E-state index contributed by atoms with van der Waals surface area (Å²) in [5.74, 6) is 1.28. The van der Waals surface area contributed by atoms with Gasteiger partial charge in [0.1, 0.15) is 5.75 Å². The van der Waals surface area contributed by atoms with Gasteiger partial charge in [-0.1, -0.05) is 36.4 Å². The number of guanidine groups is 1. The Hall–Kier alpha value is -2.73.